The molecule has 0 radical (unpaired) electrons. The molecular weight excluding hydrogens is 286 g/mol. The molecule has 108 valence electrons. The summed E-state index contributed by atoms with van der Waals surface area (Å²) in [5.41, 5.74) is 0.837. The first-order chi connectivity index (χ1) is 10.4. The van der Waals surface area contributed by atoms with Crippen LogP contribution in [0.1, 0.15) is 28.8 Å². The third kappa shape index (κ3) is 2.50. The second-order valence-electron chi connectivity index (χ2n) is 4.97. The van der Waals surface area contributed by atoms with Crippen molar-refractivity contribution < 1.29 is 4.74 Å². The zero-order valence-corrected chi connectivity index (χ0v) is 12.2. The molecule has 1 fully saturated rings. The van der Waals surface area contributed by atoms with Gasteiger partial charge in [-0.15, -0.1) is 21.5 Å². The van der Waals surface area contributed by atoms with Gasteiger partial charge in [0.15, 0.2) is 5.65 Å². The van der Waals surface area contributed by atoms with E-state index in [0.29, 0.717) is 6.54 Å². The Morgan fingerprint density at radius 1 is 1.38 bits per heavy atom. The van der Waals surface area contributed by atoms with E-state index in [1.165, 1.54) is 4.88 Å². The smallest absolute Gasteiger partial charge is 0.229 e. The number of aromatic nitrogens is 4. The first-order valence-corrected chi connectivity index (χ1v) is 7.81. The van der Waals surface area contributed by atoms with Crippen LogP contribution in [0.15, 0.2) is 30.6 Å². The van der Waals surface area contributed by atoms with Gasteiger partial charge in [-0.3, -0.25) is 4.40 Å². The third-order valence-electron chi connectivity index (χ3n) is 3.51. The molecule has 0 bridgehead atoms. The van der Waals surface area contributed by atoms with Crippen LogP contribution in [0.25, 0.3) is 5.65 Å². The number of pyridine rings is 1. The van der Waals surface area contributed by atoms with Gasteiger partial charge in [-0.25, -0.2) is 4.98 Å². The average molecular weight is 301 g/mol. The summed E-state index contributed by atoms with van der Waals surface area (Å²) in [5.74, 6) is 0.748. The monoisotopic (exact) mass is 301 g/mol. The van der Waals surface area contributed by atoms with Crippen LogP contribution in [0.5, 0.6) is 0 Å². The molecule has 3 aromatic heterocycles. The highest BCUT2D eigenvalue weighted by atomic mass is 32.1. The number of ether oxygens (including phenoxy) is 1. The first-order valence-electron chi connectivity index (χ1n) is 7.00. The van der Waals surface area contributed by atoms with Crippen molar-refractivity contribution in [2.24, 2.45) is 0 Å². The molecule has 3 aromatic rings. The lowest BCUT2D eigenvalue weighted by Crippen LogP contribution is -2.01. The summed E-state index contributed by atoms with van der Waals surface area (Å²) in [6.45, 7) is 1.55. The molecule has 0 spiro atoms. The van der Waals surface area contributed by atoms with E-state index < -0.39 is 0 Å². The Hall–Kier alpha value is -1.99. The maximum absolute atomic E-state index is 5.66. The van der Waals surface area contributed by atoms with E-state index in [-0.39, 0.29) is 6.10 Å². The van der Waals surface area contributed by atoms with Gasteiger partial charge < -0.3 is 10.1 Å². The lowest BCUT2D eigenvalue weighted by Gasteiger charge is -2.04. The number of nitrogens with zero attached hydrogens (tertiary/aromatic N) is 4. The van der Waals surface area contributed by atoms with E-state index in [4.69, 9.17) is 4.74 Å². The van der Waals surface area contributed by atoms with Crippen LogP contribution in [0, 0.1) is 0 Å². The second kappa shape index (κ2) is 5.42. The van der Waals surface area contributed by atoms with Gasteiger partial charge in [0.1, 0.15) is 11.1 Å². The molecule has 1 aliphatic rings. The van der Waals surface area contributed by atoms with Gasteiger partial charge in [0.05, 0.1) is 6.54 Å². The van der Waals surface area contributed by atoms with Gasteiger partial charge in [0.2, 0.25) is 5.95 Å². The molecule has 1 atom stereocenters. The van der Waals surface area contributed by atoms with Crippen LogP contribution in [0.4, 0.5) is 5.95 Å². The molecule has 6 nitrogen and oxygen atoms in total. The molecule has 0 aliphatic carbocycles. The highest BCUT2D eigenvalue weighted by molar-refractivity contribution is 7.11. The fourth-order valence-corrected chi connectivity index (χ4v) is 3.39. The molecule has 0 unspecified atom stereocenters. The first kappa shape index (κ1) is 12.7. The minimum absolute atomic E-state index is 0.192. The van der Waals surface area contributed by atoms with Crippen molar-refractivity contribution in [2.75, 3.05) is 11.9 Å². The second-order valence-corrected chi connectivity index (χ2v) is 6.12. The molecule has 4 heterocycles. The van der Waals surface area contributed by atoms with Crippen LogP contribution in [0.2, 0.25) is 0 Å². The summed E-state index contributed by atoms with van der Waals surface area (Å²) in [5, 5.41) is 12.7. The Labute approximate surface area is 125 Å². The van der Waals surface area contributed by atoms with E-state index in [1.54, 1.807) is 11.3 Å². The number of hydrogen-bond donors (Lipinski definition) is 1. The van der Waals surface area contributed by atoms with Crippen molar-refractivity contribution in [3.05, 3.63) is 40.5 Å². The summed E-state index contributed by atoms with van der Waals surface area (Å²) >= 11 is 1.70. The fraction of sp³-hybridized carbons (Fsp3) is 0.357. The minimum Gasteiger partial charge on any atom is -0.371 e. The number of thiazole rings is 1. The molecule has 21 heavy (non-hydrogen) atoms. The predicted octanol–water partition coefficient (Wildman–Crippen LogP) is 2.65. The lowest BCUT2D eigenvalue weighted by molar-refractivity contribution is 0.111. The number of fused-ring (bicyclic) bond motifs is 1. The van der Waals surface area contributed by atoms with Gasteiger partial charge in [-0.2, -0.15) is 0 Å². The average Bonchev–Trinajstić information content (AvgIpc) is 3.25. The minimum atomic E-state index is 0.192. The van der Waals surface area contributed by atoms with Crippen molar-refractivity contribution in [3.63, 3.8) is 0 Å². The Bertz CT molecular complexity index is 747. The van der Waals surface area contributed by atoms with E-state index >= 15 is 0 Å². The van der Waals surface area contributed by atoms with Gasteiger partial charge in [-0.05, 0) is 25.0 Å². The Balaban J connectivity index is 1.47. The largest absolute Gasteiger partial charge is 0.371 e. The predicted molar refractivity (Wildman–Crippen MR) is 80.4 cm³/mol. The third-order valence-corrected chi connectivity index (χ3v) is 4.60. The van der Waals surface area contributed by atoms with Crippen molar-refractivity contribution in [2.45, 2.75) is 25.5 Å². The van der Waals surface area contributed by atoms with Crippen LogP contribution in [-0.4, -0.2) is 26.2 Å². The molecule has 7 heteroatoms. The Morgan fingerprint density at radius 3 is 3.29 bits per heavy atom. The van der Waals surface area contributed by atoms with Crippen molar-refractivity contribution in [1.82, 2.24) is 19.6 Å². The highest BCUT2D eigenvalue weighted by Gasteiger charge is 2.20. The molecule has 0 amide bonds. The number of rotatable bonds is 4. The van der Waals surface area contributed by atoms with Crippen LogP contribution in [-0.2, 0) is 11.3 Å². The Morgan fingerprint density at radius 2 is 2.38 bits per heavy atom. The summed E-state index contributed by atoms with van der Waals surface area (Å²) < 4.78 is 7.59. The molecule has 1 saturated heterocycles. The number of hydrogen-bond acceptors (Lipinski definition) is 6. The van der Waals surface area contributed by atoms with Crippen LogP contribution < -0.4 is 5.32 Å². The zero-order chi connectivity index (χ0) is 14.1. The van der Waals surface area contributed by atoms with Crippen molar-refractivity contribution in [3.8, 4) is 0 Å². The highest BCUT2D eigenvalue weighted by Crippen LogP contribution is 2.31. The van der Waals surface area contributed by atoms with Gasteiger partial charge in [0, 0.05) is 23.9 Å². The topological polar surface area (TPSA) is 64.3 Å². The number of nitrogens with one attached hydrogen (secondary N) is 1. The zero-order valence-electron chi connectivity index (χ0n) is 11.4. The SMILES string of the molecule is c1ccn2c(NCc3cnc([C@H]4CCCO4)s3)nnc2c1. The van der Waals surface area contributed by atoms with Gasteiger partial charge >= 0.3 is 0 Å². The summed E-state index contributed by atoms with van der Waals surface area (Å²) in [6.07, 6.45) is 6.26. The lowest BCUT2D eigenvalue weighted by atomic mass is 10.2. The maximum Gasteiger partial charge on any atom is 0.229 e. The van der Waals surface area contributed by atoms with E-state index in [0.717, 1.165) is 36.1 Å². The normalized spacial score (nSPS) is 18.4. The maximum atomic E-state index is 5.66. The standard InChI is InChI=1S/C14H15N5OS/c1-2-6-19-12(5-1)17-18-14(19)16-9-10-8-15-13(21-10)11-4-3-7-20-11/h1-2,5-6,8,11H,3-4,7,9H2,(H,16,18)/t11-/m1/s1. The molecule has 4 rings (SSSR count). The van der Waals surface area contributed by atoms with Crippen LogP contribution in [0.3, 0.4) is 0 Å². The van der Waals surface area contributed by atoms with Crippen molar-refractivity contribution in [1.29, 1.82) is 0 Å². The number of anilines is 1. The van der Waals surface area contributed by atoms with Gasteiger partial charge in [0.25, 0.3) is 0 Å². The molecule has 0 saturated carbocycles. The van der Waals surface area contributed by atoms with Crippen molar-refractivity contribution >= 4 is 22.9 Å². The van der Waals surface area contributed by atoms with Crippen LogP contribution >= 0.6 is 11.3 Å². The Kier molecular flexibility index (Phi) is 3.28. The van der Waals surface area contributed by atoms with E-state index in [9.17, 15) is 0 Å². The molecule has 1 aliphatic heterocycles. The molecule has 1 N–H and O–H groups in total. The van der Waals surface area contributed by atoms with E-state index in [1.807, 2.05) is 35.0 Å². The summed E-state index contributed by atoms with van der Waals surface area (Å²) in [7, 11) is 0. The molecule has 0 aromatic carbocycles. The summed E-state index contributed by atoms with van der Waals surface area (Å²) in [6, 6.07) is 5.84. The van der Waals surface area contributed by atoms with Gasteiger partial charge in [-0.1, -0.05) is 6.07 Å². The van der Waals surface area contributed by atoms with E-state index in [2.05, 4.69) is 20.5 Å². The summed E-state index contributed by atoms with van der Waals surface area (Å²) in [4.78, 5) is 5.65. The fourth-order valence-electron chi connectivity index (χ4n) is 2.45. The molecular formula is C14H15N5OS. The quantitative estimate of drug-likeness (QED) is 0.802.